The van der Waals surface area contributed by atoms with Crippen LogP contribution in [0.2, 0.25) is 0 Å². The largest absolute Gasteiger partial charge is 0.463 e. The predicted molar refractivity (Wildman–Crippen MR) is 83.7 cm³/mol. The second-order valence-electron chi connectivity index (χ2n) is 5.53. The van der Waals surface area contributed by atoms with Crippen LogP contribution in [0.1, 0.15) is 41.0 Å². The second kappa shape index (κ2) is 5.39. The molecule has 1 atom stereocenters. The average molecular weight is 308 g/mol. The number of H-pyrrole nitrogens is 1. The minimum atomic E-state index is -0.190. The summed E-state index contributed by atoms with van der Waals surface area (Å²) in [6.07, 6.45) is 6.03. The van der Waals surface area contributed by atoms with Gasteiger partial charge in [-0.25, -0.2) is 0 Å². The van der Waals surface area contributed by atoms with Crippen molar-refractivity contribution in [2.75, 3.05) is 6.54 Å². The Bertz CT molecular complexity index is 824. The molecule has 0 bridgehead atoms. The van der Waals surface area contributed by atoms with Crippen molar-refractivity contribution in [2.45, 2.75) is 19.4 Å². The fraction of sp³-hybridized carbons (Fsp3) is 0.235. The van der Waals surface area contributed by atoms with Crippen LogP contribution in [0.3, 0.4) is 0 Å². The Morgan fingerprint density at radius 1 is 1.35 bits per heavy atom. The monoisotopic (exact) mass is 308 g/mol. The number of hydrogen-bond donors (Lipinski definition) is 1. The summed E-state index contributed by atoms with van der Waals surface area (Å²) in [5.74, 6) is 0.628. The van der Waals surface area contributed by atoms with Crippen LogP contribution in [-0.4, -0.2) is 32.5 Å². The molecule has 1 amide bonds. The van der Waals surface area contributed by atoms with Crippen molar-refractivity contribution in [1.82, 2.24) is 20.1 Å². The molecule has 6 heteroatoms. The molecule has 1 aliphatic heterocycles. The lowest BCUT2D eigenvalue weighted by Crippen LogP contribution is -2.30. The molecule has 0 fully saturated rings. The molecule has 0 aromatic carbocycles. The molecule has 1 N–H and O–H groups in total. The minimum absolute atomic E-state index is 0.0511. The van der Waals surface area contributed by atoms with E-state index in [2.05, 4.69) is 22.1 Å². The fourth-order valence-corrected chi connectivity index (χ4v) is 3.15. The summed E-state index contributed by atoms with van der Waals surface area (Å²) >= 11 is 0. The van der Waals surface area contributed by atoms with Gasteiger partial charge in [0.05, 0.1) is 12.3 Å². The highest BCUT2D eigenvalue weighted by Crippen LogP contribution is 2.42. The molecular weight excluding hydrogens is 292 g/mol. The summed E-state index contributed by atoms with van der Waals surface area (Å²) in [7, 11) is 0. The van der Waals surface area contributed by atoms with Gasteiger partial charge in [-0.2, -0.15) is 5.10 Å². The third-order valence-electron chi connectivity index (χ3n) is 4.08. The lowest BCUT2D eigenvalue weighted by atomic mass is 9.99. The van der Waals surface area contributed by atoms with Gasteiger partial charge >= 0.3 is 0 Å². The minimum Gasteiger partial charge on any atom is -0.463 e. The third-order valence-corrected chi connectivity index (χ3v) is 4.08. The van der Waals surface area contributed by atoms with E-state index in [-0.39, 0.29) is 11.9 Å². The van der Waals surface area contributed by atoms with Crippen molar-refractivity contribution in [3.63, 3.8) is 0 Å². The lowest BCUT2D eigenvalue weighted by molar-refractivity contribution is 0.0743. The third kappa shape index (κ3) is 2.06. The van der Waals surface area contributed by atoms with Crippen molar-refractivity contribution in [1.29, 1.82) is 0 Å². The van der Waals surface area contributed by atoms with E-state index in [1.54, 1.807) is 18.7 Å². The molecule has 4 heterocycles. The average Bonchev–Trinajstić information content (AvgIpc) is 3.28. The highest BCUT2D eigenvalue weighted by atomic mass is 16.3. The highest BCUT2D eigenvalue weighted by molar-refractivity contribution is 5.99. The number of pyridine rings is 1. The van der Waals surface area contributed by atoms with Crippen LogP contribution in [0.25, 0.3) is 11.5 Å². The van der Waals surface area contributed by atoms with Gasteiger partial charge in [-0.15, -0.1) is 0 Å². The Hall–Kier alpha value is -2.89. The first-order chi connectivity index (χ1) is 11.3. The smallest absolute Gasteiger partial charge is 0.275 e. The number of aromatic amines is 1. The molecule has 0 spiro atoms. The molecule has 0 saturated heterocycles. The van der Waals surface area contributed by atoms with Crippen molar-refractivity contribution in [3.8, 4) is 11.5 Å². The van der Waals surface area contributed by atoms with Gasteiger partial charge in [0.2, 0.25) is 0 Å². The van der Waals surface area contributed by atoms with E-state index in [1.807, 2.05) is 29.2 Å². The van der Waals surface area contributed by atoms with Gasteiger partial charge in [-0.1, -0.05) is 13.0 Å². The van der Waals surface area contributed by atoms with Gasteiger partial charge in [0.1, 0.15) is 5.69 Å². The van der Waals surface area contributed by atoms with Gasteiger partial charge in [-0.05, 0) is 30.2 Å². The summed E-state index contributed by atoms with van der Waals surface area (Å²) in [6.45, 7) is 2.73. The Labute approximate surface area is 133 Å². The highest BCUT2D eigenvalue weighted by Gasteiger charge is 2.42. The maximum absolute atomic E-state index is 12.7. The molecule has 23 heavy (non-hydrogen) atoms. The fourth-order valence-electron chi connectivity index (χ4n) is 3.15. The molecule has 0 saturated carbocycles. The van der Waals surface area contributed by atoms with Crippen molar-refractivity contribution in [3.05, 3.63) is 59.7 Å². The van der Waals surface area contributed by atoms with E-state index < -0.39 is 0 Å². The number of carbonyl (C=O) groups excluding carboxylic acids is 1. The molecule has 1 aliphatic rings. The number of aromatic nitrogens is 3. The standard InChI is InChI=1S/C17H16N4O2/c1-2-8-21-16(11-5-3-7-18-10-11)13-14(12-6-4-9-23-12)19-20-15(13)17(21)22/h3-7,9-10,16H,2,8H2,1H3,(H,19,20)/t16-/m0/s1. The molecule has 0 aliphatic carbocycles. The van der Waals surface area contributed by atoms with E-state index in [4.69, 9.17) is 4.42 Å². The van der Waals surface area contributed by atoms with Crippen LogP contribution in [0.4, 0.5) is 0 Å². The Kier molecular flexibility index (Phi) is 3.22. The number of amides is 1. The van der Waals surface area contributed by atoms with Crippen molar-refractivity contribution < 1.29 is 9.21 Å². The maximum Gasteiger partial charge on any atom is 0.275 e. The first-order valence-electron chi connectivity index (χ1n) is 7.64. The summed E-state index contributed by atoms with van der Waals surface area (Å²) in [4.78, 5) is 18.8. The SMILES string of the molecule is CCCN1C(=O)c2n[nH]c(-c3ccco3)c2[C@@H]1c1cccnc1. The van der Waals surface area contributed by atoms with Crippen LogP contribution in [0.15, 0.2) is 47.3 Å². The lowest BCUT2D eigenvalue weighted by Gasteiger charge is -2.25. The predicted octanol–water partition coefficient (Wildman–Crippen LogP) is 3.02. The van der Waals surface area contributed by atoms with E-state index in [0.29, 0.717) is 18.0 Å². The van der Waals surface area contributed by atoms with Crippen LogP contribution >= 0.6 is 0 Å². The van der Waals surface area contributed by atoms with Crippen LogP contribution in [0, 0.1) is 0 Å². The van der Waals surface area contributed by atoms with Crippen LogP contribution < -0.4 is 0 Å². The summed E-state index contributed by atoms with van der Waals surface area (Å²) < 4.78 is 5.50. The number of carbonyl (C=O) groups is 1. The van der Waals surface area contributed by atoms with Gasteiger partial charge < -0.3 is 9.32 Å². The van der Waals surface area contributed by atoms with Crippen LogP contribution in [-0.2, 0) is 0 Å². The van der Waals surface area contributed by atoms with E-state index >= 15 is 0 Å². The van der Waals surface area contributed by atoms with Gasteiger partial charge in [0.25, 0.3) is 5.91 Å². The van der Waals surface area contributed by atoms with Crippen LogP contribution in [0.5, 0.6) is 0 Å². The number of rotatable bonds is 4. The van der Waals surface area contributed by atoms with Gasteiger partial charge in [0, 0.05) is 24.5 Å². The zero-order chi connectivity index (χ0) is 15.8. The zero-order valence-electron chi connectivity index (χ0n) is 12.7. The maximum atomic E-state index is 12.7. The summed E-state index contributed by atoms with van der Waals surface area (Å²) in [5, 5.41) is 7.21. The Morgan fingerprint density at radius 2 is 2.26 bits per heavy atom. The number of furan rings is 1. The van der Waals surface area contributed by atoms with Gasteiger partial charge in [0.15, 0.2) is 11.5 Å². The molecular formula is C17H16N4O2. The Balaban J connectivity index is 1.90. The topological polar surface area (TPSA) is 75.0 Å². The van der Waals surface area contributed by atoms with Crippen molar-refractivity contribution in [2.24, 2.45) is 0 Å². The first kappa shape index (κ1) is 13.8. The molecule has 116 valence electrons. The quantitative estimate of drug-likeness (QED) is 0.804. The van der Waals surface area contributed by atoms with E-state index in [1.165, 1.54) is 0 Å². The number of hydrogen-bond acceptors (Lipinski definition) is 4. The number of fused-ring (bicyclic) bond motifs is 1. The molecule has 6 nitrogen and oxygen atoms in total. The summed E-state index contributed by atoms with van der Waals surface area (Å²) in [5.41, 5.74) is 3.07. The second-order valence-corrected chi connectivity index (χ2v) is 5.53. The molecule has 4 rings (SSSR count). The Morgan fingerprint density at radius 3 is 2.96 bits per heavy atom. The summed E-state index contributed by atoms with van der Waals surface area (Å²) in [6, 6.07) is 7.37. The molecule has 0 radical (unpaired) electrons. The molecule has 3 aromatic rings. The van der Waals surface area contributed by atoms with Gasteiger partial charge in [-0.3, -0.25) is 14.9 Å². The van der Waals surface area contributed by atoms with Crippen molar-refractivity contribution >= 4 is 5.91 Å². The normalized spacial score (nSPS) is 16.8. The number of nitrogens with one attached hydrogen (secondary N) is 1. The van der Waals surface area contributed by atoms with E-state index in [0.717, 1.165) is 23.2 Å². The first-order valence-corrected chi connectivity index (χ1v) is 7.64. The van der Waals surface area contributed by atoms with E-state index in [9.17, 15) is 4.79 Å². The zero-order valence-corrected chi connectivity index (χ0v) is 12.7. The molecule has 0 unspecified atom stereocenters. The number of nitrogens with zero attached hydrogens (tertiary/aromatic N) is 3. The molecule has 3 aromatic heterocycles.